The van der Waals surface area contributed by atoms with E-state index in [1.165, 1.54) is 4.90 Å². The first kappa shape index (κ1) is 17.7. The van der Waals surface area contributed by atoms with Crippen molar-refractivity contribution in [3.05, 3.63) is 42.2 Å². The highest BCUT2D eigenvalue weighted by molar-refractivity contribution is 5.71. The van der Waals surface area contributed by atoms with Crippen LogP contribution in [0.2, 0.25) is 0 Å². The average molecular weight is 334 g/mol. The molecule has 0 N–H and O–H groups in total. The van der Waals surface area contributed by atoms with Gasteiger partial charge in [0.15, 0.2) is 6.61 Å². The summed E-state index contributed by atoms with van der Waals surface area (Å²) in [6, 6.07) is 7.44. The predicted molar refractivity (Wildman–Crippen MR) is 87.0 cm³/mol. The molecule has 0 fully saturated rings. The molecule has 1 aromatic rings. The second-order valence-electron chi connectivity index (χ2n) is 5.09. The van der Waals surface area contributed by atoms with Crippen LogP contribution in [0, 0.1) is 0 Å². The zero-order valence-electron chi connectivity index (χ0n) is 13.9. The van der Waals surface area contributed by atoms with Crippen LogP contribution < -0.4 is 4.74 Å². The number of carbonyl (C=O) groups is 2. The van der Waals surface area contributed by atoms with E-state index < -0.39 is 0 Å². The monoisotopic (exact) mass is 334 g/mol. The second-order valence-corrected chi connectivity index (χ2v) is 5.09. The van der Waals surface area contributed by atoms with Gasteiger partial charge in [0.2, 0.25) is 0 Å². The molecule has 1 aliphatic rings. The largest absolute Gasteiger partial charge is 0.482 e. The molecule has 1 heterocycles. The van der Waals surface area contributed by atoms with Gasteiger partial charge in [0, 0.05) is 18.9 Å². The molecule has 0 saturated carbocycles. The molecule has 0 aliphatic carbocycles. The molecule has 0 aromatic heterocycles. The van der Waals surface area contributed by atoms with E-state index in [2.05, 4.69) is 0 Å². The van der Waals surface area contributed by atoms with Crippen molar-refractivity contribution in [2.45, 2.75) is 20.4 Å². The van der Waals surface area contributed by atoms with Crippen molar-refractivity contribution in [2.24, 2.45) is 0 Å². The lowest BCUT2D eigenvalue weighted by Gasteiger charge is -2.19. The third-order valence-electron chi connectivity index (χ3n) is 3.26. The van der Waals surface area contributed by atoms with Gasteiger partial charge in [-0.25, -0.2) is 9.59 Å². The van der Waals surface area contributed by atoms with Gasteiger partial charge in [0.1, 0.15) is 12.4 Å². The predicted octanol–water partition coefficient (Wildman–Crippen LogP) is 2.33. The molecule has 0 spiro atoms. The Morgan fingerprint density at radius 3 is 2.42 bits per heavy atom. The van der Waals surface area contributed by atoms with Gasteiger partial charge < -0.3 is 19.1 Å². The lowest BCUT2D eigenvalue weighted by Crippen LogP contribution is -2.30. The first-order valence-electron chi connectivity index (χ1n) is 7.85. The summed E-state index contributed by atoms with van der Waals surface area (Å²) in [5.74, 6) is 0.222. The smallest absolute Gasteiger partial charge is 0.415 e. The maximum Gasteiger partial charge on any atom is 0.415 e. The number of ether oxygens (including phenoxy) is 3. The lowest BCUT2D eigenvalue weighted by molar-refractivity contribution is -0.145. The first-order chi connectivity index (χ1) is 11.6. The van der Waals surface area contributed by atoms with Gasteiger partial charge in [-0.15, -0.1) is 0 Å². The fourth-order valence-corrected chi connectivity index (χ4v) is 2.16. The minimum atomic E-state index is -0.386. The summed E-state index contributed by atoms with van der Waals surface area (Å²) in [5, 5.41) is 0. The zero-order chi connectivity index (χ0) is 17.4. The number of amides is 1. The van der Waals surface area contributed by atoms with Crippen molar-refractivity contribution < 1.29 is 23.8 Å². The minimum Gasteiger partial charge on any atom is -0.482 e. The number of hydrogen-bond donors (Lipinski definition) is 0. The minimum absolute atomic E-state index is 0.101. The number of carbonyl (C=O) groups excluding carboxylic acids is 2. The Hall–Kier alpha value is -2.70. The van der Waals surface area contributed by atoms with Crippen LogP contribution in [0.5, 0.6) is 5.75 Å². The molecule has 1 aliphatic heterocycles. The van der Waals surface area contributed by atoms with Crippen LogP contribution in [-0.4, -0.2) is 48.4 Å². The van der Waals surface area contributed by atoms with Gasteiger partial charge in [-0.05, 0) is 31.5 Å². The molecule has 1 aromatic carbocycles. The Morgan fingerprint density at radius 1 is 1.04 bits per heavy atom. The summed E-state index contributed by atoms with van der Waals surface area (Å²) in [4.78, 5) is 26.4. The maximum absolute atomic E-state index is 11.6. The Morgan fingerprint density at radius 2 is 1.75 bits per heavy atom. The summed E-state index contributed by atoms with van der Waals surface area (Å²) in [6.45, 7) is 5.24. The number of nitrogens with zero attached hydrogens (tertiary/aromatic N) is 2. The molecule has 0 saturated heterocycles. The molecule has 1 amide bonds. The van der Waals surface area contributed by atoms with Crippen molar-refractivity contribution in [3.8, 4) is 5.75 Å². The third-order valence-corrected chi connectivity index (χ3v) is 3.26. The van der Waals surface area contributed by atoms with Crippen molar-refractivity contribution >= 4 is 12.1 Å². The highest BCUT2D eigenvalue weighted by Gasteiger charge is 2.19. The van der Waals surface area contributed by atoms with Crippen LogP contribution >= 0.6 is 0 Å². The summed E-state index contributed by atoms with van der Waals surface area (Å²) in [5.41, 5.74) is 1.06. The summed E-state index contributed by atoms with van der Waals surface area (Å²) in [6.07, 6.45) is 3.20. The van der Waals surface area contributed by atoms with Gasteiger partial charge in [-0.1, -0.05) is 12.1 Å². The van der Waals surface area contributed by atoms with Gasteiger partial charge in [0.25, 0.3) is 0 Å². The zero-order valence-corrected chi connectivity index (χ0v) is 13.9. The van der Waals surface area contributed by atoms with Crippen LogP contribution in [0.4, 0.5) is 4.79 Å². The van der Waals surface area contributed by atoms with E-state index in [9.17, 15) is 9.59 Å². The van der Waals surface area contributed by atoms with Gasteiger partial charge in [-0.3, -0.25) is 4.90 Å². The van der Waals surface area contributed by atoms with E-state index in [1.807, 2.05) is 23.2 Å². The van der Waals surface area contributed by atoms with Gasteiger partial charge in [-0.2, -0.15) is 0 Å². The molecule has 0 radical (unpaired) electrons. The van der Waals surface area contributed by atoms with E-state index >= 15 is 0 Å². The van der Waals surface area contributed by atoms with Crippen LogP contribution in [0.15, 0.2) is 36.7 Å². The molecule has 7 heteroatoms. The number of benzene rings is 1. The first-order valence-corrected chi connectivity index (χ1v) is 7.85. The molecular weight excluding hydrogens is 312 g/mol. The Labute approximate surface area is 141 Å². The Kier molecular flexibility index (Phi) is 6.48. The van der Waals surface area contributed by atoms with Crippen molar-refractivity contribution in [2.75, 3.05) is 26.5 Å². The lowest BCUT2D eigenvalue weighted by atomic mass is 10.2. The van der Waals surface area contributed by atoms with Crippen LogP contribution in [0.1, 0.15) is 19.4 Å². The van der Waals surface area contributed by atoms with E-state index in [1.54, 1.807) is 32.2 Å². The quantitative estimate of drug-likeness (QED) is 0.713. The fourth-order valence-electron chi connectivity index (χ4n) is 2.16. The maximum atomic E-state index is 11.6. The molecule has 0 atom stereocenters. The standard InChI is InChI=1S/C17H22N2O5/c1-3-22-16(20)12-24-15-7-5-14(6-8-15)11-18-9-10-19(13-18)17(21)23-4-2/h5-10H,3-4,11-13H2,1-2H3. The molecule has 0 bridgehead atoms. The van der Waals surface area contributed by atoms with Crippen molar-refractivity contribution in [3.63, 3.8) is 0 Å². The number of hydrogen-bond acceptors (Lipinski definition) is 6. The Balaban J connectivity index is 1.79. The van der Waals surface area contributed by atoms with Crippen LogP contribution in [0.3, 0.4) is 0 Å². The number of rotatable bonds is 7. The molecular formula is C17H22N2O5. The summed E-state index contributed by atoms with van der Waals surface area (Å²) < 4.78 is 15.1. The molecule has 130 valence electrons. The molecule has 2 rings (SSSR count). The highest BCUT2D eigenvalue weighted by atomic mass is 16.6. The van der Waals surface area contributed by atoms with Gasteiger partial charge >= 0.3 is 12.1 Å². The van der Waals surface area contributed by atoms with Crippen molar-refractivity contribution in [1.82, 2.24) is 9.80 Å². The summed E-state index contributed by atoms with van der Waals surface area (Å²) in [7, 11) is 0. The average Bonchev–Trinajstić information content (AvgIpc) is 3.03. The topological polar surface area (TPSA) is 68.3 Å². The number of esters is 1. The molecule has 0 unspecified atom stereocenters. The molecule has 7 nitrogen and oxygen atoms in total. The second kappa shape index (κ2) is 8.81. The van der Waals surface area contributed by atoms with Crippen molar-refractivity contribution in [1.29, 1.82) is 0 Å². The highest BCUT2D eigenvalue weighted by Crippen LogP contribution is 2.16. The van der Waals surface area contributed by atoms with Crippen LogP contribution in [-0.2, 0) is 20.8 Å². The van der Waals surface area contributed by atoms with Crippen LogP contribution in [0.25, 0.3) is 0 Å². The van der Waals surface area contributed by atoms with E-state index in [0.29, 0.717) is 32.2 Å². The van der Waals surface area contributed by atoms with E-state index in [0.717, 1.165) is 5.56 Å². The molecule has 24 heavy (non-hydrogen) atoms. The normalized spacial score (nSPS) is 13.1. The van der Waals surface area contributed by atoms with Gasteiger partial charge in [0.05, 0.1) is 13.2 Å². The third kappa shape index (κ3) is 5.19. The SMILES string of the molecule is CCOC(=O)COc1ccc(CN2C=CN(C(=O)OCC)C2)cc1. The van der Waals surface area contributed by atoms with E-state index in [4.69, 9.17) is 14.2 Å². The van der Waals surface area contributed by atoms with E-state index in [-0.39, 0.29) is 18.7 Å². The summed E-state index contributed by atoms with van der Waals surface area (Å²) >= 11 is 0. The Bertz CT molecular complexity index is 585. The fraction of sp³-hybridized carbons (Fsp3) is 0.412.